The molecule has 0 saturated carbocycles. The molecule has 0 bridgehead atoms. The van der Waals surface area contributed by atoms with Gasteiger partial charge in [0.25, 0.3) is 0 Å². The second-order valence-corrected chi connectivity index (χ2v) is 3.34. The number of nitrogens with zero attached hydrogens (tertiary/aromatic N) is 3. The molecule has 1 aliphatic heterocycles. The monoisotopic (exact) mass is 217 g/mol. The highest BCUT2D eigenvalue weighted by Gasteiger charge is 2.17. The second-order valence-electron chi connectivity index (χ2n) is 3.34. The largest absolute Gasteiger partial charge is 0.482 e. The van der Waals surface area contributed by atoms with Crippen LogP contribution in [-0.4, -0.2) is 14.5 Å². The van der Waals surface area contributed by atoms with Crippen molar-refractivity contribution >= 4 is 0 Å². The van der Waals surface area contributed by atoms with Gasteiger partial charge >= 0.3 is 0 Å². The average molecular weight is 217 g/mol. The molecule has 0 saturated heterocycles. The van der Waals surface area contributed by atoms with E-state index in [0.29, 0.717) is 6.61 Å². The maximum atomic E-state index is 5.54. The smallest absolute Gasteiger partial charge is 0.181 e. The van der Waals surface area contributed by atoms with Crippen LogP contribution in [0, 0.1) is 6.92 Å². The van der Waals surface area contributed by atoms with E-state index in [1.165, 1.54) is 0 Å². The van der Waals surface area contributed by atoms with Crippen LogP contribution in [0.25, 0.3) is 5.82 Å². The topological polar surface area (TPSA) is 39.9 Å². The van der Waals surface area contributed by atoms with Crippen LogP contribution in [0.1, 0.15) is 25.2 Å². The van der Waals surface area contributed by atoms with Crippen LogP contribution < -0.4 is 4.74 Å². The molecule has 0 atom stereocenters. The lowest BCUT2D eigenvalue weighted by molar-refractivity contribution is 0.277. The van der Waals surface area contributed by atoms with Gasteiger partial charge < -0.3 is 4.74 Å². The van der Waals surface area contributed by atoms with Crippen molar-refractivity contribution in [1.82, 2.24) is 14.5 Å². The molecule has 16 heavy (non-hydrogen) atoms. The molecule has 0 radical (unpaired) electrons. The molecule has 84 valence electrons. The molecule has 0 N–H and O–H groups in total. The minimum atomic E-state index is 0.519. The van der Waals surface area contributed by atoms with Crippen molar-refractivity contribution in [2.45, 2.75) is 27.4 Å². The third kappa shape index (κ3) is 1.66. The van der Waals surface area contributed by atoms with Gasteiger partial charge in [0, 0.05) is 18.6 Å². The number of fused-ring (bicyclic) bond motifs is 3. The summed E-state index contributed by atoms with van der Waals surface area (Å²) >= 11 is 0. The maximum absolute atomic E-state index is 5.54. The number of imidazole rings is 1. The van der Waals surface area contributed by atoms with Gasteiger partial charge in [-0.1, -0.05) is 13.8 Å². The SMILES string of the molecule is CC.Cc1cnc2c(c1)OCc1nccn1-2. The third-order valence-corrected chi connectivity index (χ3v) is 2.27. The standard InChI is InChI=1S/C10H9N3O.C2H6/c1-7-4-8-10(12-5-7)13-3-2-11-9(13)6-14-8;1-2/h2-5H,6H2,1H3;1-2H3. The fraction of sp³-hybridized carbons (Fsp3) is 0.333. The molecular formula is C12H15N3O. The lowest BCUT2D eigenvalue weighted by Crippen LogP contribution is -2.14. The van der Waals surface area contributed by atoms with E-state index in [1.54, 1.807) is 6.20 Å². The third-order valence-electron chi connectivity index (χ3n) is 2.27. The van der Waals surface area contributed by atoms with Crippen LogP contribution in [0.4, 0.5) is 0 Å². The molecule has 0 aromatic carbocycles. The highest BCUT2D eigenvalue weighted by atomic mass is 16.5. The Hall–Kier alpha value is -1.84. The normalized spacial score (nSPS) is 11.7. The summed E-state index contributed by atoms with van der Waals surface area (Å²) in [7, 11) is 0. The first-order chi connectivity index (χ1) is 7.84. The van der Waals surface area contributed by atoms with Crippen LogP contribution in [0.3, 0.4) is 0 Å². The molecule has 0 unspecified atom stereocenters. The van der Waals surface area contributed by atoms with Crippen molar-refractivity contribution < 1.29 is 4.74 Å². The first-order valence-corrected chi connectivity index (χ1v) is 5.46. The van der Waals surface area contributed by atoms with E-state index in [1.807, 2.05) is 43.8 Å². The summed E-state index contributed by atoms with van der Waals surface area (Å²) in [4.78, 5) is 8.51. The molecule has 0 spiro atoms. The van der Waals surface area contributed by atoms with Gasteiger partial charge in [0.1, 0.15) is 6.61 Å². The molecule has 0 amide bonds. The van der Waals surface area contributed by atoms with Crippen molar-refractivity contribution in [1.29, 1.82) is 0 Å². The van der Waals surface area contributed by atoms with Crippen molar-refractivity contribution in [3.63, 3.8) is 0 Å². The summed E-state index contributed by atoms with van der Waals surface area (Å²) in [6.45, 7) is 6.52. The summed E-state index contributed by atoms with van der Waals surface area (Å²) in [6.07, 6.45) is 5.49. The molecule has 4 nitrogen and oxygen atoms in total. The number of pyridine rings is 1. The van der Waals surface area contributed by atoms with Gasteiger partial charge in [0.05, 0.1) is 0 Å². The van der Waals surface area contributed by atoms with E-state index < -0.39 is 0 Å². The maximum Gasteiger partial charge on any atom is 0.181 e. The first kappa shape index (κ1) is 10.7. The Labute approximate surface area is 94.9 Å². The van der Waals surface area contributed by atoms with E-state index in [0.717, 1.165) is 23.0 Å². The van der Waals surface area contributed by atoms with Gasteiger partial charge in [-0.05, 0) is 18.6 Å². The van der Waals surface area contributed by atoms with Crippen LogP contribution >= 0.6 is 0 Å². The van der Waals surface area contributed by atoms with Crippen molar-refractivity contribution in [3.8, 4) is 11.6 Å². The summed E-state index contributed by atoms with van der Waals surface area (Å²) in [6, 6.07) is 1.99. The summed E-state index contributed by atoms with van der Waals surface area (Å²) in [5, 5.41) is 0. The minimum Gasteiger partial charge on any atom is -0.482 e. The lowest BCUT2D eigenvalue weighted by atomic mass is 10.3. The van der Waals surface area contributed by atoms with Gasteiger partial charge in [-0.15, -0.1) is 0 Å². The second kappa shape index (κ2) is 4.35. The first-order valence-electron chi connectivity index (χ1n) is 5.46. The minimum absolute atomic E-state index is 0.519. The average Bonchev–Trinajstić information content (AvgIpc) is 2.79. The quantitative estimate of drug-likeness (QED) is 0.680. The van der Waals surface area contributed by atoms with Crippen molar-refractivity contribution in [3.05, 3.63) is 36.0 Å². The molecular weight excluding hydrogens is 202 g/mol. The summed E-state index contributed by atoms with van der Waals surface area (Å²) in [5.74, 6) is 2.55. The molecule has 1 aliphatic rings. The predicted molar refractivity (Wildman–Crippen MR) is 61.8 cm³/mol. The van der Waals surface area contributed by atoms with Crippen molar-refractivity contribution in [2.75, 3.05) is 0 Å². The van der Waals surface area contributed by atoms with Gasteiger partial charge in [-0.3, -0.25) is 4.57 Å². The van der Waals surface area contributed by atoms with Crippen LogP contribution in [-0.2, 0) is 6.61 Å². The highest BCUT2D eigenvalue weighted by molar-refractivity contribution is 5.44. The van der Waals surface area contributed by atoms with Crippen molar-refractivity contribution in [2.24, 2.45) is 0 Å². The summed E-state index contributed by atoms with van der Waals surface area (Å²) < 4.78 is 7.50. The van der Waals surface area contributed by atoms with E-state index in [4.69, 9.17) is 4.74 Å². The van der Waals surface area contributed by atoms with Crippen LogP contribution in [0.2, 0.25) is 0 Å². The molecule has 2 aromatic heterocycles. The van der Waals surface area contributed by atoms with Gasteiger partial charge in [-0.25, -0.2) is 9.97 Å². The Bertz CT molecular complexity index is 491. The summed E-state index contributed by atoms with van der Waals surface area (Å²) in [5.41, 5.74) is 1.10. The Balaban J connectivity index is 0.000000457. The zero-order valence-electron chi connectivity index (χ0n) is 9.77. The Kier molecular flexibility index (Phi) is 2.90. The fourth-order valence-electron chi connectivity index (χ4n) is 1.60. The fourth-order valence-corrected chi connectivity index (χ4v) is 1.60. The molecule has 3 heterocycles. The molecule has 0 fully saturated rings. The Morgan fingerprint density at radius 1 is 1.31 bits per heavy atom. The number of rotatable bonds is 0. The van der Waals surface area contributed by atoms with E-state index in [2.05, 4.69) is 9.97 Å². The Morgan fingerprint density at radius 2 is 2.12 bits per heavy atom. The number of hydrogen-bond donors (Lipinski definition) is 0. The van der Waals surface area contributed by atoms with Gasteiger partial charge in [0.15, 0.2) is 17.4 Å². The highest BCUT2D eigenvalue weighted by Crippen LogP contribution is 2.27. The van der Waals surface area contributed by atoms with Crippen LogP contribution in [0.15, 0.2) is 24.7 Å². The zero-order chi connectivity index (χ0) is 11.5. The van der Waals surface area contributed by atoms with Crippen LogP contribution in [0.5, 0.6) is 5.75 Å². The van der Waals surface area contributed by atoms with E-state index >= 15 is 0 Å². The Morgan fingerprint density at radius 3 is 2.94 bits per heavy atom. The number of aromatic nitrogens is 3. The number of ether oxygens (including phenoxy) is 1. The lowest BCUT2D eigenvalue weighted by Gasteiger charge is -2.18. The molecule has 4 heteroatoms. The zero-order valence-corrected chi connectivity index (χ0v) is 9.77. The van der Waals surface area contributed by atoms with E-state index in [9.17, 15) is 0 Å². The van der Waals surface area contributed by atoms with Gasteiger partial charge in [-0.2, -0.15) is 0 Å². The van der Waals surface area contributed by atoms with E-state index in [-0.39, 0.29) is 0 Å². The number of hydrogen-bond acceptors (Lipinski definition) is 3. The molecule has 0 aliphatic carbocycles. The number of aryl methyl sites for hydroxylation is 1. The molecule has 3 rings (SSSR count). The molecule has 2 aromatic rings. The van der Waals surface area contributed by atoms with Gasteiger partial charge in [0.2, 0.25) is 0 Å². The predicted octanol–water partition coefficient (Wildman–Crippen LogP) is 2.49.